The Hall–Kier alpha value is -1.18. The summed E-state index contributed by atoms with van der Waals surface area (Å²) in [6.07, 6.45) is 21.2. The third-order valence-corrected chi connectivity index (χ3v) is 8.58. The molecule has 2 aliphatic heterocycles. The van der Waals surface area contributed by atoms with Crippen LogP contribution in [0.4, 0.5) is 0 Å². The lowest BCUT2D eigenvalue weighted by atomic mass is 9.89. The van der Waals surface area contributed by atoms with Crippen LogP contribution in [0.25, 0.3) is 0 Å². The summed E-state index contributed by atoms with van der Waals surface area (Å²) in [5, 5.41) is 8.89. The first kappa shape index (κ1) is 32.3. The van der Waals surface area contributed by atoms with Crippen molar-refractivity contribution in [2.24, 2.45) is 17.8 Å². The Bertz CT molecular complexity index is 794. The van der Waals surface area contributed by atoms with Crippen molar-refractivity contribution < 1.29 is 28.8 Å². The van der Waals surface area contributed by atoms with Crippen molar-refractivity contribution in [3.8, 4) is 0 Å². The van der Waals surface area contributed by atoms with Crippen molar-refractivity contribution in [3.63, 3.8) is 0 Å². The van der Waals surface area contributed by atoms with Gasteiger partial charge in [0.1, 0.15) is 0 Å². The summed E-state index contributed by atoms with van der Waals surface area (Å²) in [5.74, 6) is -0.0597. The molecule has 6 nitrogen and oxygen atoms in total. The van der Waals surface area contributed by atoms with Crippen LogP contribution in [-0.4, -0.2) is 54.5 Å². The number of carboxylic acids is 1. The third-order valence-electron chi connectivity index (χ3n) is 8.08. The van der Waals surface area contributed by atoms with E-state index in [1.165, 1.54) is 5.57 Å². The smallest absolute Gasteiger partial charge is 0.303 e. The van der Waals surface area contributed by atoms with Gasteiger partial charge >= 0.3 is 5.97 Å². The van der Waals surface area contributed by atoms with Gasteiger partial charge in [-0.2, -0.15) is 0 Å². The van der Waals surface area contributed by atoms with E-state index in [4.69, 9.17) is 35.7 Å². The van der Waals surface area contributed by atoms with Crippen LogP contribution in [0.15, 0.2) is 36.0 Å². The number of halogens is 1. The van der Waals surface area contributed by atoms with Crippen LogP contribution in [0.5, 0.6) is 0 Å². The maximum atomic E-state index is 10.8. The molecular weight excluding hydrogens is 516 g/mol. The van der Waals surface area contributed by atoms with Gasteiger partial charge in [0, 0.05) is 30.9 Å². The Morgan fingerprint density at radius 2 is 1.79 bits per heavy atom. The second-order valence-corrected chi connectivity index (χ2v) is 12.3. The Kier molecular flexibility index (Phi) is 14.6. The first-order valence-electron chi connectivity index (χ1n) is 15.2. The van der Waals surface area contributed by atoms with Gasteiger partial charge in [0.15, 0.2) is 12.6 Å². The van der Waals surface area contributed by atoms with Crippen LogP contribution in [0.2, 0.25) is 0 Å². The molecule has 0 amide bonds. The lowest BCUT2D eigenvalue weighted by Gasteiger charge is -2.31. The number of ether oxygens (including phenoxy) is 4. The van der Waals surface area contributed by atoms with Crippen LogP contribution in [0, 0.1) is 17.8 Å². The highest BCUT2D eigenvalue weighted by Crippen LogP contribution is 2.42. The van der Waals surface area contributed by atoms with Gasteiger partial charge in [-0.3, -0.25) is 4.79 Å². The highest BCUT2D eigenvalue weighted by molar-refractivity contribution is 6.21. The summed E-state index contributed by atoms with van der Waals surface area (Å²) < 4.78 is 24.9. The molecule has 0 spiro atoms. The third kappa shape index (κ3) is 11.7. The van der Waals surface area contributed by atoms with E-state index in [-0.39, 0.29) is 48.4 Å². The number of alkyl halides is 1. The topological polar surface area (TPSA) is 74.2 Å². The Balaban J connectivity index is 1.73. The summed E-state index contributed by atoms with van der Waals surface area (Å²) in [5.41, 5.74) is 1.32. The minimum absolute atomic E-state index is 0.000976. The van der Waals surface area contributed by atoms with E-state index in [2.05, 4.69) is 51.2 Å². The molecule has 3 rings (SSSR count). The molecule has 7 heteroatoms. The van der Waals surface area contributed by atoms with Crippen molar-refractivity contribution in [2.75, 3.05) is 13.2 Å². The monoisotopic (exact) mass is 566 g/mol. The Morgan fingerprint density at radius 3 is 2.44 bits per heavy atom. The fourth-order valence-electron chi connectivity index (χ4n) is 5.70. The summed E-state index contributed by atoms with van der Waals surface area (Å²) in [6, 6.07) is 0. The van der Waals surface area contributed by atoms with Crippen molar-refractivity contribution in [1.82, 2.24) is 0 Å². The first-order valence-corrected chi connectivity index (χ1v) is 15.6. The van der Waals surface area contributed by atoms with Crippen LogP contribution in [0.3, 0.4) is 0 Å². The van der Waals surface area contributed by atoms with Gasteiger partial charge in [0.25, 0.3) is 0 Å². The molecule has 1 saturated carbocycles. The Morgan fingerprint density at radius 1 is 1.08 bits per heavy atom. The molecule has 0 aromatic rings. The minimum atomic E-state index is -0.746. The number of aliphatic carboxylic acids is 1. The maximum absolute atomic E-state index is 10.8. The van der Waals surface area contributed by atoms with Gasteiger partial charge in [0.2, 0.25) is 0 Å². The molecule has 0 bridgehead atoms. The molecule has 0 aromatic heterocycles. The number of hydrogen-bond donors (Lipinski definition) is 1. The molecule has 2 heterocycles. The Labute approximate surface area is 241 Å². The van der Waals surface area contributed by atoms with E-state index < -0.39 is 5.97 Å². The standard InChI is InChI=1S/C32H51ClO6/c1-23(2)16-17-24(3)28(38-31-14-8-10-20-36-31)19-18-26-25(12-6-4-5-7-13-30(34)35)27(33)22-29(26)39-32-15-9-11-21-37-32/h4,6,16,18-19,24-29,31-32H,5,7-15,17,20-22H2,1-3H3,(H,34,35)/t24?,25-,26-,27+,28-,29-,31?,32?/m1/s1. The molecule has 3 aliphatic rings. The second kappa shape index (κ2) is 17.6. The molecule has 1 aliphatic carbocycles. The fourth-order valence-corrected chi connectivity index (χ4v) is 6.15. The zero-order chi connectivity index (χ0) is 28.0. The highest BCUT2D eigenvalue weighted by Gasteiger charge is 2.42. The number of rotatable bonds is 15. The number of hydrogen-bond acceptors (Lipinski definition) is 5. The van der Waals surface area contributed by atoms with Crippen LogP contribution in [-0.2, 0) is 23.7 Å². The van der Waals surface area contributed by atoms with Crippen molar-refractivity contribution in [3.05, 3.63) is 36.0 Å². The largest absolute Gasteiger partial charge is 0.481 e. The summed E-state index contributed by atoms with van der Waals surface area (Å²) in [6.45, 7) is 8.03. The second-order valence-electron chi connectivity index (χ2n) is 11.7. The fraction of sp³-hybridized carbons (Fsp3) is 0.781. The lowest BCUT2D eigenvalue weighted by Crippen LogP contribution is -2.32. The van der Waals surface area contributed by atoms with Gasteiger partial charge < -0.3 is 24.1 Å². The van der Waals surface area contributed by atoms with Crippen LogP contribution < -0.4 is 0 Å². The zero-order valence-corrected chi connectivity index (χ0v) is 25.0. The minimum Gasteiger partial charge on any atom is -0.481 e. The quantitative estimate of drug-likeness (QED) is 0.124. The van der Waals surface area contributed by atoms with Gasteiger partial charge in [-0.25, -0.2) is 0 Å². The maximum Gasteiger partial charge on any atom is 0.303 e. The average Bonchev–Trinajstić information content (AvgIpc) is 3.21. The molecule has 39 heavy (non-hydrogen) atoms. The van der Waals surface area contributed by atoms with E-state index in [0.717, 1.165) is 77.4 Å². The number of unbranched alkanes of at least 4 members (excludes halogenated alkanes) is 1. The molecule has 8 atom stereocenters. The van der Waals surface area contributed by atoms with Gasteiger partial charge in [-0.05, 0) is 96.3 Å². The summed E-state index contributed by atoms with van der Waals surface area (Å²) >= 11 is 6.96. The molecule has 1 N–H and O–H groups in total. The molecule has 0 aromatic carbocycles. The molecular formula is C32H51ClO6. The van der Waals surface area contributed by atoms with Gasteiger partial charge in [0.05, 0.1) is 12.2 Å². The zero-order valence-electron chi connectivity index (χ0n) is 24.3. The number of carboxylic acid groups (broad SMARTS) is 1. The van der Waals surface area contributed by atoms with Gasteiger partial charge in [-0.15, -0.1) is 11.6 Å². The number of allylic oxidation sites excluding steroid dienone is 4. The predicted molar refractivity (Wildman–Crippen MR) is 156 cm³/mol. The van der Waals surface area contributed by atoms with E-state index in [9.17, 15) is 4.79 Å². The van der Waals surface area contributed by atoms with Gasteiger partial charge in [-0.1, -0.05) is 42.9 Å². The van der Waals surface area contributed by atoms with E-state index in [0.29, 0.717) is 12.3 Å². The SMILES string of the molecule is CC(C)=CCC(C)[C@@H](C=C[C@@H]1[C@@H](CC=CCCCC(=O)O)[C@@H](Cl)C[C@H]1OC1CCCCO1)OC1CCCCO1. The molecule has 3 unspecified atom stereocenters. The predicted octanol–water partition coefficient (Wildman–Crippen LogP) is 7.80. The number of carbonyl (C=O) groups is 1. The molecule has 3 fully saturated rings. The van der Waals surface area contributed by atoms with Crippen LogP contribution >= 0.6 is 11.6 Å². The van der Waals surface area contributed by atoms with E-state index in [1.807, 2.05) is 0 Å². The van der Waals surface area contributed by atoms with E-state index in [1.54, 1.807) is 0 Å². The molecule has 222 valence electrons. The summed E-state index contributed by atoms with van der Waals surface area (Å²) in [4.78, 5) is 10.8. The van der Waals surface area contributed by atoms with Crippen molar-refractivity contribution in [1.29, 1.82) is 0 Å². The first-order chi connectivity index (χ1) is 18.8. The normalized spacial score (nSPS) is 31.5. The molecule has 0 radical (unpaired) electrons. The van der Waals surface area contributed by atoms with Crippen LogP contribution in [0.1, 0.15) is 97.8 Å². The van der Waals surface area contributed by atoms with E-state index >= 15 is 0 Å². The van der Waals surface area contributed by atoms with Crippen molar-refractivity contribution >= 4 is 17.6 Å². The lowest BCUT2D eigenvalue weighted by molar-refractivity contribution is -0.193. The average molecular weight is 567 g/mol. The highest BCUT2D eigenvalue weighted by atomic mass is 35.5. The summed E-state index contributed by atoms with van der Waals surface area (Å²) in [7, 11) is 0. The molecule has 2 saturated heterocycles. The van der Waals surface area contributed by atoms with Crippen molar-refractivity contribution in [2.45, 2.75) is 128 Å².